The molecule has 0 aliphatic rings. The van der Waals surface area contributed by atoms with Crippen molar-refractivity contribution in [2.24, 2.45) is 4.99 Å². The molecule has 0 radical (unpaired) electrons. The van der Waals surface area contributed by atoms with Crippen LogP contribution in [0.5, 0.6) is 5.88 Å². The maximum absolute atomic E-state index is 12.6. The van der Waals surface area contributed by atoms with Gasteiger partial charge >= 0.3 is 6.18 Å². The summed E-state index contributed by atoms with van der Waals surface area (Å²) in [4.78, 5) is 8.63. The molecule has 1 aromatic carbocycles. The van der Waals surface area contributed by atoms with Gasteiger partial charge in [0.1, 0.15) is 0 Å². The molecule has 0 aliphatic heterocycles. The van der Waals surface area contributed by atoms with Crippen molar-refractivity contribution in [3.8, 4) is 5.88 Å². The van der Waals surface area contributed by atoms with Gasteiger partial charge in [0.2, 0.25) is 5.88 Å². The molecule has 0 spiro atoms. The number of nitrogens with one attached hydrogen (secondary N) is 2. The van der Waals surface area contributed by atoms with Gasteiger partial charge in [0.25, 0.3) is 0 Å². The Labute approximate surface area is 156 Å². The number of rotatable bonds is 7. The number of aromatic nitrogens is 1. The average molecular weight is 380 g/mol. The average Bonchev–Trinajstić information content (AvgIpc) is 2.66. The Hall–Kier alpha value is -2.77. The van der Waals surface area contributed by atoms with Crippen LogP contribution < -0.4 is 15.4 Å². The van der Waals surface area contributed by atoms with Crippen molar-refractivity contribution in [1.29, 1.82) is 0 Å². The number of nitrogens with zero attached hydrogens (tertiary/aromatic N) is 2. The smallest absolute Gasteiger partial charge is 0.416 e. The molecular formula is C19H23F3N4O. The number of hydrogen-bond donors (Lipinski definition) is 2. The van der Waals surface area contributed by atoms with Gasteiger partial charge in [0.05, 0.1) is 19.2 Å². The largest absolute Gasteiger partial charge is 0.481 e. The fourth-order valence-corrected chi connectivity index (χ4v) is 2.42. The number of hydrogen-bond acceptors (Lipinski definition) is 3. The normalized spacial score (nSPS) is 12.0. The molecule has 0 amide bonds. The van der Waals surface area contributed by atoms with Crippen molar-refractivity contribution < 1.29 is 17.9 Å². The number of ether oxygens (including phenoxy) is 1. The predicted molar refractivity (Wildman–Crippen MR) is 98.8 cm³/mol. The van der Waals surface area contributed by atoms with Gasteiger partial charge in [-0.3, -0.25) is 0 Å². The molecule has 0 saturated carbocycles. The number of aliphatic imine (C=N–C) groups is 1. The minimum atomic E-state index is -4.31. The highest BCUT2D eigenvalue weighted by Gasteiger charge is 2.29. The van der Waals surface area contributed by atoms with Crippen LogP contribution in [0.25, 0.3) is 0 Å². The van der Waals surface area contributed by atoms with Crippen molar-refractivity contribution >= 4 is 5.96 Å². The van der Waals surface area contributed by atoms with Crippen LogP contribution in [0, 0.1) is 0 Å². The SMILES string of the molecule is CCNC(=NCc1cccnc1OC)NCCc1ccc(C(F)(F)F)cc1. The highest BCUT2D eigenvalue weighted by atomic mass is 19.4. The van der Waals surface area contributed by atoms with E-state index in [-0.39, 0.29) is 0 Å². The second kappa shape index (κ2) is 9.80. The molecule has 0 fully saturated rings. The Morgan fingerprint density at radius 3 is 2.52 bits per heavy atom. The number of alkyl halides is 3. The van der Waals surface area contributed by atoms with E-state index in [1.54, 1.807) is 13.3 Å². The van der Waals surface area contributed by atoms with E-state index in [1.807, 2.05) is 19.1 Å². The van der Waals surface area contributed by atoms with E-state index in [1.165, 1.54) is 12.1 Å². The van der Waals surface area contributed by atoms with E-state index in [4.69, 9.17) is 4.74 Å². The first-order valence-electron chi connectivity index (χ1n) is 8.60. The summed E-state index contributed by atoms with van der Waals surface area (Å²) in [7, 11) is 1.56. The van der Waals surface area contributed by atoms with Gasteiger partial charge < -0.3 is 15.4 Å². The first kappa shape index (κ1) is 20.5. The number of halogens is 3. The standard InChI is InChI=1S/C19H23F3N4O/c1-3-23-18(26-13-15-5-4-11-24-17(15)27-2)25-12-10-14-6-8-16(9-7-14)19(20,21)22/h4-9,11H,3,10,12-13H2,1-2H3,(H2,23,25,26). The zero-order chi connectivity index (χ0) is 19.7. The molecule has 0 bridgehead atoms. The molecule has 0 unspecified atom stereocenters. The molecule has 1 heterocycles. The van der Waals surface area contributed by atoms with E-state index >= 15 is 0 Å². The summed E-state index contributed by atoms with van der Waals surface area (Å²) < 4.78 is 43.0. The fraction of sp³-hybridized carbons (Fsp3) is 0.368. The summed E-state index contributed by atoms with van der Waals surface area (Å²) in [5.41, 5.74) is 1.04. The second-order valence-corrected chi connectivity index (χ2v) is 5.74. The Bertz CT molecular complexity index is 745. The zero-order valence-corrected chi connectivity index (χ0v) is 15.3. The molecule has 2 aromatic rings. The van der Waals surface area contributed by atoms with Gasteiger partial charge in [-0.1, -0.05) is 18.2 Å². The molecule has 0 atom stereocenters. The lowest BCUT2D eigenvalue weighted by Gasteiger charge is -2.12. The third-order valence-electron chi connectivity index (χ3n) is 3.78. The predicted octanol–water partition coefficient (Wildman–Crippen LogP) is 3.41. The maximum atomic E-state index is 12.6. The summed E-state index contributed by atoms with van der Waals surface area (Å²) >= 11 is 0. The van der Waals surface area contributed by atoms with Crippen molar-refractivity contribution in [2.75, 3.05) is 20.2 Å². The Kier molecular flexibility index (Phi) is 7.45. The lowest BCUT2D eigenvalue weighted by molar-refractivity contribution is -0.137. The summed E-state index contributed by atoms with van der Waals surface area (Å²) in [6.07, 6.45) is -2.08. The quantitative estimate of drug-likeness (QED) is 0.571. The maximum Gasteiger partial charge on any atom is 0.416 e. The Morgan fingerprint density at radius 1 is 1.15 bits per heavy atom. The van der Waals surface area contributed by atoms with Crippen LogP contribution >= 0.6 is 0 Å². The van der Waals surface area contributed by atoms with E-state index in [2.05, 4.69) is 20.6 Å². The van der Waals surface area contributed by atoms with E-state index < -0.39 is 11.7 Å². The highest BCUT2D eigenvalue weighted by molar-refractivity contribution is 5.79. The molecule has 1 aromatic heterocycles. The molecular weight excluding hydrogens is 357 g/mol. The highest BCUT2D eigenvalue weighted by Crippen LogP contribution is 2.29. The number of guanidine groups is 1. The van der Waals surface area contributed by atoms with Crippen LogP contribution in [0.4, 0.5) is 13.2 Å². The first-order chi connectivity index (χ1) is 12.9. The number of benzene rings is 1. The second-order valence-electron chi connectivity index (χ2n) is 5.74. The monoisotopic (exact) mass is 380 g/mol. The third-order valence-corrected chi connectivity index (χ3v) is 3.78. The van der Waals surface area contributed by atoms with Crippen LogP contribution in [0.2, 0.25) is 0 Å². The summed E-state index contributed by atoms with van der Waals surface area (Å²) in [6.45, 7) is 3.59. The zero-order valence-electron chi connectivity index (χ0n) is 15.3. The third kappa shape index (κ3) is 6.47. The molecule has 27 heavy (non-hydrogen) atoms. The molecule has 0 saturated heterocycles. The minimum Gasteiger partial charge on any atom is -0.481 e. The van der Waals surface area contributed by atoms with Gasteiger partial charge in [0.15, 0.2) is 5.96 Å². The lowest BCUT2D eigenvalue weighted by Crippen LogP contribution is -2.38. The Balaban J connectivity index is 1.92. The molecule has 2 rings (SSSR count). The topological polar surface area (TPSA) is 58.5 Å². The van der Waals surface area contributed by atoms with Crippen LogP contribution in [0.3, 0.4) is 0 Å². The van der Waals surface area contributed by atoms with E-state index in [9.17, 15) is 13.2 Å². The van der Waals surface area contributed by atoms with Gasteiger partial charge in [-0.05, 0) is 37.1 Å². The van der Waals surface area contributed by atoms with Crippen molar-refractivity contribution in [2.45, 2.75) is 26.1 Å². The van der Waals surface area contributed by atoms with Gasteiger partial charge in [-0.25, -0.2) is 9.98 Å². The summed E-state index contributed by atoms with van der Waals surface area (Å²) in [5, 5.41) is 6.31. The summed E-state index contributed by atoms with van der Waals surface area (Å²) in [5.74, 6) is 1.15. The Morgan fingerprint density at radius 2 is 1.89 bits per heavy atom. The molecule has 146 valence electrons. The van der Waals surface area contributed by atoms with Crippen LogP contribution in [-0.4, -0.2) is 31.1 Å². The van der Waals surface area contributed by atoms with Crippen LogP contribution in [-0.2, 0) is 19.1 Å². The van der Waals surface area contributed by atoms with Crippen molar-refractivity contribution in [3.63, 3.8) is 0 Å². The molecule has 5 nitrogen and oxygen atoms in total. The first-order valence-corrected chi connectivity index (χ1v) is 8.60. The molecule has 8 heteroatoms. The van der Waals surface area contributed by atoms with Crippen molar-refractivity contribution in [1.82, 2.24) is 15.6 Å². The minimum absolute atomic E-state index is 0.395. The van der Waals surface area contributed by atoms with Gasteiger partial charge in [-0.2, -0.15) is 13.2 Å². The molecule has 0 aliphatic carbocycles. The van der Waals surface area contributed by atoms with E-state index in [0.29, 0.717) is 37.9 Å². The fourth-order valence-electron chi connectivity index (χ4n) is 2.42. The van der Waals surface area contributed by atoms with Crippen LogP contribution in [0.15, 0.2) is 47.6 Å². The van der Waals surface area contributed by atoms with Gasteiger partial charge in [0, 0.05) is 24.8 Å². The van der Waals surface area contributed by atoms with E-state index in [0.717, 1.165) is 23.3 Å². The van der Waals surface area contributed by atoms with Gasteiger partial charge in [-0.15, -0.1) is 0 Å². The molecule has 2 N–H and O–H groups in total. The van der Waals surface area contributed by atoms with Crippen molar-refractivity contribution in [3.05, 3.63) is 59.3 Å². The van der Waals surface area contributed by atoms with Crippen LogP contribution in [0.1, 0.15) is 23.6 Å². The number of pyridine rings is 1. The summed E-state index contributed by atoms with van der Waals surface area (Å²) in [6, 6.07) is 8.90. The number of methoxy groups -OCH3 is 1. The lowest BCUT2D eigenvalue weighted by atomic mass is 10.1.